The molecule has 0 saturated carbocycles. The highest BCUT2D eigenvalue weighted by Crippen LogP contribution is 2.19. The standard InChI is InChI=1S/C13H15N3O3S/c1-9-2-3-10(6-13(9)20(14,18)19)15-7-11-4-5-12(17)8-16-11/h2-6,8,15,17H,7H2,1H3,(H2,14,18,19). The molecule has 0 bridgehead atoms. The van der Waals surface area contributed by atoms with Crippen LogP contribution < -0.4 is 10.5 Å². The Morgan fingerprint density at radius 1 is 1.30 bits per heavy atom. The lowest BCUT2D eigenvalue weighted by Gasteiger charge is -2.09. The van der Waals surface area contributed by atoms with Gasteiger partial charge in [-0.15, -0.1) is 0 Å². The maximum atomic E-state index is 11.4. The molecule has 2 aromatic rings. The van der Waals surface area contributed by atoms with Crippen LogP contribution in [0.3, 0.4) is 0 Å². The fourth-order valence-electron chi connectivity index (χ4n) is 1.73. The molecule has 0 saturated heterocycles. The maximum absolute atomic E-state index is 11.4. The summed E-state index contributed by atoms with van der Waals surface area (Å²) in [6.45, 7) is 2.10. The first-order chi connectivity index (χ1) is 9.36. The highest BCUT2D eigenvalue weighted by atomic mass is 32.2. The number of hydrogen-bond donors (Lipinski definition) is 3. The Hall–Kier alpha value is -2.12. The van der Waals surface area contributed by atoms with Crippen molar-refractivity contribution in [3.63, 3.8) is 0 Å². The third-order valence-electron chi connectivity index (χ3n) is 2.78. The smallest absolute Gasteiger partial charge is 0.238 e. The van der Waals surface area contributed by atoms with E-state index >= 15 is 0 Å². The van der Waals surface area contributed by atoms with Gasteiger partial charge >= 0.3 is 0 Å². The zero-order valence-corrected chi connectivity index (χ0v) is 11.7. The summed E-state index contributed by atoms with van der Waals surface area (Å²) in [5.41, 5.74) is 1.95. The Morgan fingerprint density at radius 2 is 2.05 bits per heavy atom. The summed E-state index contributed by atoms with van der Waals surface area (Å²) in [6.07, 6.45) is 1.35. The molecule has 4 N–H and O–H groups in total. The molecule has 106 valence electrons. The van der Waals surface area contributed by atoms with Gasteiger partial charge in [0.2, 0.25) is 10.0 Å². The molecular formula is C13H15N3O3S. The van der Waals surface area contributed by atoms with Gasteiger partial charge < -0.3 is 10.4 Å². The number of anilines is 1. The second-order valence-electron chi connectivity index (χ2n) is 4.39. The van der Waals surface area contributed by atoms with Crippen molar-refractivity contribution in [3.8, 4) is 5.75 Å². The minimum Gasteiger partial charge on any atom is -0.506 e. The Kier molecular flexibility index (Phi) is 3.91. The largest absolute Gasteiger partial charge is 0.506 e. The van der Waals surface area contributed by atoms with E-state index in [2.05, 4.69) is 10.3 Å². The molecule has 0 radical (unpaired) electrons. The summed E-state index contributed by atoms with van der Waals surface area (Å²) in [5.74, 6) is 0.0978. The number of sulfonamides is 1. The number of hydrogen-bond acceptors (Lipinski definition) is 5. The summed E-state index contributed by atoms with van der Waals surface area (Å²) in [4.78, 5) is 4.12. The fourth-order valence-corrected chi connectivity index (χ4v) is 2.54. The molecule has 1 aromatic heterocycles. The second kappa shape index (κ2) is 5.48. The van der Waals surface area contributed by atoms with E-state index in [9.17, 15) is 8.42 Å². The van der Waals surface area contributed by atoms with Crippen LogP contribution in [0.25, 0.3) is 0 Å². The number of nitrogens with two attached hydrogens (primary N) is 1. The molecular weight excluding hydrogens is 278 g/mol. The molecule has 6 nitrogen and oxygen atoms in total. The van der Waals surface area contributed by atoms with E-state index in [0.29, 0.717) is 17.8 Å². The third kappa shape index (κ3) is 3.46. The minimum atomic E-state index is -3.73. The molecule has 0 aliphatic heterocycles. The van der Waals surface area contributed by atoms with Gasteiger partial charge in [0.1, 0.15) is 5.75 Å². The van der Waals surface area contributed by atoms with Crippen molar-refractivity contribution in [3.05, 3.63) is 47.8 Å². The van der Waals surface area contributed by atoms with E-state index in [4.69, 9.17) is 10.2 Å². The highest BCUT2D eigenvalue weighted by Gasteiger charge is 2.11. The molecule has 2 rings (SSSR count). The first kappa shape index (κ1) is 14.3. The van der Waals surface area contributed by atoms with E-state index < -0.39 is 10.0 Å². The summed E-state index contributed by atoms with van der Waals surface area (Å²) in [7, 11) is -3.73. The molecule has 0 aliphatic rings. The highest BCUT2D eigenvalue weighted by molar-refractivity contribution is 7.89. The van der Waals surface area contributed by atoms with Crippen molar-refractivity contribution in [1.29, 1.82) is 0 Å². The van der Waals surface area contributed by atoms with Crippen LogP contribution >= 0.6 is 0 Å². The number of rotatable bonds is 4. The van der Waals surface area contributed by atoms with Crippen molar-refractivity contribution in [2.24, 2.45) is 5.14 Å². The predicted octanol–water partition coefficient (Wildman–Crippen LogP) is 1.36. The number of aromatic hydroxyl groups is 1. The third-order valence-corrected chi connectivity index (χ3v) is 3.83. The Labute approximate surface area is 117 Å². The van der Waals surface area contributed by atoms with Gasteiger partial charge in [-0.05, 0) is 36.8 Å². The van der Waals surface area contributed by atoms with Crippen molar-refractivity contribution < 1.29 is 13.5 Å². The first-order valence-electron chi connectivity index (χ1n) is 5.87. The predicted molar refractivity (Wildman–Crippen MR) is 75.8 cm³/mol. The van der Waals surface area contributed by atoms with E-state index in [0.717, 1.165) is 5.69 Å². The number of primary sulfonamides is 1. The summed E-state index contributed by atoms with van der Waals surface area (Å²) >= 11 is 0. The van der Waals surface area contributed by atoms with Crippen LogP contribution in [0, 0.1) is 6.92 Å². The van der Waals surface area contributed by atoms with Gasteiger partial charge in [0.25, 0.3) is 0 Å². The van der Waals surface area contributed by atoms with Crippen LogP contribution in [0.1, 0.15) is 11.3 Å². The van der Waals surface area contributed by atoms with Crippen LogP contribution in [-0.4, -0.2) is 18.5 Å². The summed E-state index contributed by atoms with van der Waals surface area (Å²) < 4.78 is 22.9. The Bertz CT molecular complexity index is 712. The minimum absolute atomic E-state index is 0.0978. The van der Waals surface area contributed by atoms with E-state index in [1.54, 1.807) is 25.1 Å². The molecule has 0 fully saturated rings. The Balaban J connectivity index is 2.16. The van der Waals surface area contributed by atoms with Crippen LogP contribution in [0.5, 0.6) is 5.75 Å². The molecule has 1 heterocycles. The lowest BCUT2D eigenvalue weighted by Crippen LogP contribution is -2.14. The SMILES string of the molecule is Cc1ccc(NCc2ccc(O)cn2)cc1S(N)(=O)=O. The van der Waals surface area contributed by atoms with Gasteiger partial charge in [-0.1, -0.05) is 6.07 Å². The summed E-state index contributed by atoms with van der Waals surface area (Å²) in [5, 5.41) is 17.3. The zero-order chi connectivity index (χ0) is 14.8. The lowest BCUT2D eigenvalue weighted by atomic mass is 10.2. The molecule has 0 amide bonds. The number of benzene rings is 1. The fraction of sp³-hybridized carbons (Fsp3) is 0.154. The topological polar surface area (TPSA) is 105 Å². The van der Waals surface area contributed by atoms with Gasteiger partial charge in [0, 0.05) is 5.69 Å². The molecule has 20 heavy (non-hydrogen) atoms. The molecule has 7 heteroatoms. The maximum Gasteiger partial charge on any atom is 0.238 e. The van der Waals surface area contributed by atoms with Crippen LogP contribution in [0.4, 0.5) is 5.69 Å². The molecule has 1 aromatic carbocycles. The first-order valence-corrected chi connectivity index (χ1v) is 7.42. The molecule has 0 spiro atoms. The van der Waals surface area contributed by atoms with Gasteiger partial charge in [-0.25, -0.2) is 13.6 Å². The summed E-state index contributed by atoms with van der Waals surface area (Å²) in [6, 6.07) is 8.16. The van der Waals surface area contributed by atoms with Gasteiger partial charge in [0.15, 0.2) is 0 Å². The van der Waals surface area contributed by atoms with Gasteiger partial charge in [0.05, 0.1) is 23.3 Å². The lowest BCUT2D eigenvalue weighted by molar-refractivity contribution is 0.472. The van der Waals surface area contributed by atoms with E-state index in [1.807, 2.05) is 0 Å². The average Bonchev–Trinajstić information content (AvgIpc) is 2.38. The van der Waals surface area contributed by atoms with Gasteiger partial charge in [-0.2, -0.15) is 0 Å². The van der Waals surface area contributed by atoms with Crippen molar-refractivity contribution in [1.82, 2.24) is 4.98 Å². The van der Waals surface area contributed by atoms with Crippen molar-refractivity contribution in [2.45, 2.75) is 18.4 Å². The van der Waals surface area contributed by atoms with Crippen molar-refractivity contribution >= 4 is 15.7 Å². The zero-order valence-electron chi connectivity index (χ0n) is 10.9. The number of nitrogens with one attached hydrogen (secondary N) is 1. The normalized spacial score (nSPS) is 11.3. The van der Waals surface area contributed by atoms with E-state index in [1.165, 1.54) is 18.3 Å². The molecule has 0 aliphatic carbocycles. The number of nitrogens with zero attached hydrogens (tertiary/aromatic N) is 1. The van der Waals surface area contributed by atoms with E-state index in [-0.39, 0.29) is 10.6 Å². The van der Waals surface area contributed by atoms with Gasteiger partial charge in [-0.3, -0.25) is 4.98 Å². The molecule has 0 atom stereocenters. The monoisotopic (exact) mass is 293 g/mol. The molecule has 0 unspecified atom stereocenters. The number of aryl methyl sites for hydroxylation is 1. The quantitative estimate of drug-likeness (QED) is 0.789. The number of pyridine rings is 1. The average molecular weight is 293 g/mol. The Morgan fingerprint density at radius 3 is 2.65 bits per heavy atom. The van der Waals surface area contributed by atoms with Crippen LogP contribution in [-0.2, 0) is 16.6 Å². The van der Waals surface area contributed by atoms with Crippen LogP contribution in [0.15, 0.2) is 41.4 Å². The number of aromatic nitrogens is 1. The van der Waals surface area contributed by atoms with Crippen molar-refractivity contribution in [2.75, 3.05) is 5.32 Å². The second-order valence-corrected chi connectivity index (χ2v) is 5.92. The van der Waals surface area contributed by atoms with Crippen LogP contribution in [0.2, 0.25) is 0 Å².